The van der Waals surface area contributed by atoms with Crippen LogP contribution in [0.25, 0.3) is 88.8 Å². The number of nitrogens with zero attached hydrogens (tertiary/aromatic N) is 3. The highest BCUT2D eigenvalue weighted by atomic mass is 16.3. The molecule has 0 amide bonds. The monoisotopic (exact) mass is 539 g/mol. The summed E-state index contributed by atoms with van der Waals surface area (Å²) >= 11 is 0. The van der Waals surface area contributed by atoms with Crippen LogP contribution in [-0.2, 0) is 0 Å². The van der Waals surface area contributed by atoms with E-state index in [0.717, 1.165) is 71.3 Å². The Morgan fingerprint density at radius 3 is 1.81 bits per heavy atom. The second-order valence-electron chi connectivity index (χ2n) is 10.4. The molecule has 0 aliphatic carbocycles. The van der Waals surface area contributed by atoms with Crippen LogP contribution in [0.3, 0.4) is 0 Å². The fourth-order valence-corrected chi connectivity index (χ4v) is 6.03. The number of furan rings is 2. The van der Waals surface area contributed by atoms with Crippen LogP contribution in [0.1, 0.15) is 0 Å². The summed E-state index contributed by atoms with van der Waals surface area (Å²) in [5, 5.41) is 6.36. The van der Waals surface area contributed by atoms with Crippen LogP contribution in [0.4, 0.5) is 0 Å². The summed E-state index contributed by atoms with van der Waals surface area (Å²) in [7, 11) is 0. The molecule has 3 aromatic heterocycles. The average molecular weight is 540 g/mol. The third-order valence-electron chi connectivity index (χ3n) is 7.92. The van der Waals surface area contributed by atoms with Gasteiger partial charge in [-0.15, -0.1) is 0 Å². The van der Waals surface area contributed by atoms with E-state index < -0.39 is 0 Å². The Hall–Kier alpha value is -5.81. The molecule has 196 valence electrons. The van der Waals surface area contributed by atoms with Gasteiger partial charge in [0.05, 0.1) is 5.56 Å². The lowest BCUT2D eigenvalue weighted by atomic mass is 9.99. The summed E-state index contributed by atoms with van der Waals surface area (Å²) in [6.45, 7) is 0. The molecular formula is C37H21N3O2. The normalized spacial score (nSPS) is 11.8. The number of aromatic nitrogens is 3. The van der Waals surface area contributed by atoms with E-state index in [4.69, 9.17) is 23.8 Å². The molecule has 0 atom stereocenters. The molecule has 0 unspecified atom stereocenters. The van der Waals surface area contributed by atoms with Crippen molar-refractivity contribution in [3.05, 3.63) is 127 Å². The SMILES string of the molecule is c1ccc(-c2nc(-c3cc4ccccc4c4c3oc3ccccc34)nc(-c3cccc4oc5ccccc5c34)n2)cc1. The smallest absolute Gasteiger partial charge is 0.167 e. The van der Waals surface area contributed by atoms with Gasteiger partial charge in [-0.1, -0.05) is 103 Å². The first kappa shape index (κ1) is 22.9. The van der Waals surface area contributed by atoms with Crippen molar-refractivity contribution >= 4 is 54.6 Å². The molecule has 0 aliphatic heterocycles. The van der Waals surface area contributed by atoms with E-state index in [1.54, 1.807) is 0 Å². The summed E-state index contributed by atoms with van der Waals surface area (Å²) in [4.78, 5) is 15.2. The van der Waals surface area contributed by atoms with E-state index in [1.165, 1.54) is 0 Å². The van der Waals surface area contributed by atoms with E-state index in [2.05, 4.69) is 48.5 Å². The van der Waals surface area contributed by atoms with Crippen molar-refractivity contribution in [3.63, 3.8) is 0 Å². The minimum absolute atomic E-state index is 0.554. The molecule has 9 rings (SSSR count). The highest BCUT2D eigenvalue weighted by Gasteiger charge is 2.21. The predicted octanol–water partition coefficient (Wildman–Crippen LogP) is 9.82. The van der Waals surface area contributed by atoms with Gasteiger partial charge in [0.2, 0.25) is 0 Å². The van der Waals surface area contributed by atoms with Crippen LogP contribution in [-0.4, -0.2) is 15.0 Å². The van der Waals surface area contributed by atoms with Gasteiger partial charge in [-0.3, -0.25) is 0 Å². The molecule has 5 nitrogen and oxygen atoms in total. The Morgan fingerprint density at radius 2 is 1.00 bits per heavy atom. The Labute approximate surface area is 239 Å². The van der Waals surface area contributed by atoms with Gasteiger partial charge in [0.15, 0.2) is 17.5 Å². The fraction of sp³-hybridized carbons (Fsp3) is 0. The van der Waals surface area contributed by atoms with Crippen molar-refractivity contribution in [1.29, 1.82) is 0 Å². The molecule has 42 heavy (non-hydrogen) atoms. The van der Waals surface area contributed by atoms with Crippen molar-refractivity contribution in [3.8, 4) is 34.2 Å². The van der Waals surface area contributed by atoms with Gasteiger partial charge in [-0.25, -0.2) is 15.0 Å². The topological polar surface area (TPSA) is 65.0 Å². The van der Waals surface area contributed by atoms with Crippen molar-refractivity contribution < 1.29 is 8.83 Å². The van der Waals surface area contributed by atoms with Crippen LogP contribution in [0.5, 0.6) is 0 Å². The Balaban J connectivity index is 1.40. The van der Waals surface area contributed by atoms with Crippen LogP contribution >= 0.6 is 0 Å². The molecule has 0 saturated heterocycles. The van der Waals surface area contributed by atoms with E-state index >= 15 is 0 Å². The standard InChI is InChI=1S/C37H21N3O2/c1-2-11-22(12-3-1)35-38-36(27-17-10-20-31-32(27)25-15-6-8-18-29(25)41-31)40-37(39-35)28-21-23-13-4-5-14-24(23)33-26-16-7-9-19-30(26)42-34(28)33/h1-21H. The zero-order valence-corrected chi connectivity index (χ0v) is 22.3. The van der Waals surface area contributed by atoms with Crippen LogP contribution < -0.4 is 0 Å². The van der Waals surface area contributed by atoms with Crippen molar-refractivity contribution in [2.24, 2.45) is 0 Å². The summed E-state index contributed by atoms with van der Waals surface area (Å²) in [5.41, 5.74) is 5.84. The quantitative estimate of drug-likeness (QED) is 0.224. The lowest BCUT2D eigenvalue weighted by molar-refractivity contribution is 0.668. The second-order valence-corrected chi connectivity index (χ2v) is 10.4. The molecule has 0 spiro atoms. The first-order chi connectivity index (χ1) is 20.8. The summed E-state index contributed by atoms with van der Waals surface area (Å²) in [6.07, 6.45) is 0. The molecule has 3 heterocycles. The van der Waals surface area contributed by atoms with Crippen molar-refractivity contribution in [2.75, 3.05) is 0 Å². The molecule has 0 bridgehead atoms. The third kappa shape index (κ3) is 3.40. The first-order valence-electron chi connectivity index (χ1n) is 13.9. The van der Waals surface area contributed by atoms with Gasteiger partial charge in [0.25, 0.3) is 0 Å². The lowest BCUT2D eigenvalue weighted by Crippen LogP contribution is -2.00. The van der Waals surface area contributed by atoms with Gasteiger partial charge < -0.3 is 8.83 Å². The summed E-state index contributed by atoms with van der Waals surface area (Å²) in [6, 6.07) is 42.8. The van der Waals surface area contributed by atoms with Gasteiger partial charge in [0, 0.05) is 32.7 Å². The zero-order valence-electron chi connectivity index (χ0n) is 22.3. The largest absolute Gasteiger partial charge is 0.456 e. The van der Waals surface area contributed by atoms with E-state index in [0.29, 0.717) is 17.5 Å². The molecule has 0 fully saturated rings. The van der Waals surface area contributed by atoms with Gasteiger partial charge >= 0.3 is 0 Å². The van der Waals surface area contributed by atoms with Crippen LogP contribution in [0.2, 0.25) is 0 Å². The fourth-order valence-electron chi connectivity index (χ4n) is 6.03. The minimum atomic E-state index is 0.554. The van der Waals surface area contributed by atoms with E-state index in [9.17, 15) is 0 Å². The first-order valence-corrected chi connectivity index (χ1v) is 13.9. The maximum Gasteiger partial charge on any atom is 0.167 e. The molecule has 0 saturated carbocycles. The molecular weight excluding hydrogens is 518 g/mol. The number of hydrogen-bond acceptors (Lipinski definition) is 5. The van der Waals surface area contributed by atoms with Gasteiger partial charge in [-0.2, -0.15) is 0 Å². The van der Waals surface area contributed by atoms with E-state index in [-0.39, 0.29) is 0 Å². The molecule has 0 radical (unpaired) electrons. The summed E-state index contributed by atoms with van der Waals surface area (Å²) in [5.74, 6) is 1.73. The molecule has 0 N–H and O–H groups in total. The van der Waals surface area contributed by atoms with Crippen LogP contribution in [0.15, 0.2) is 136 Å². The number of para-hydroxylation sites is 2. The maximum atomic E-state index is 6.54. The Morgan fingerprint density at radius 1 is 0.405 bits per heavy atom. The van der Waals surface area contributed by atoms with Crippen molar-refractivity contribution in [1.82, 2.24) is 15.0 Å². The zero-order chi connectivity index (χ0) is 27.6. The average Bonchev–Trinajstić information content (AvgIpc) is 3.64. The van der Waals surface area contributed by atoms with Crippen molar-refractivity contribution in [2.45, 2.75) is 0 Å². The predicted molar refractivity (Wildman–Crippen MR) is 168 cm³/mol. The van der Waals surface area contributed by atoms with Gasteiger partial charge in [0.1, 0.15) is 22.3 Å². The molecule has 6 aromatic carbocycles. The summed E-state index contributed by atoms with van der Waals surface area (Å²) < 4.78 is 12.7. The van der Waals surface area contributed by atoms with Crippen LogP contribution in [0, 0.1) is 0 Å². The highest BCUT2D eigenvalue weighted by molar-refractivity contribution is 6.22. The lowest BCUT2D eigenvalue weighted by Gasteiger charge is -2.10. The van der Waals surface area contributed by atoms with E-state index in [1.807, 2.05) is 78.9 Å². The number of benzene rings is 6. The third-order valence-corrected chi connectivity index (χ3v) is 7.92. The number of rotatable bonds is 3. The molecule has 5 heteroatoms. The number of hydrogen-bond donors (Lipinski definition) is 0. The van der Waals surface area contributed by atoms with Gasteiger partial charge in [-0.05, 0) is 35.0 Å². The minimum Gasteiger partial charge on any atom is -0.456 e. The Bertz CT molecular complexity index is 2470. The second kappa shape index (κ2) is 8.85. The maximum absolute atomic E-state index is 6.54. The number of fused-ring (bicyclic) bond motifs is 8. The Kier molecular flexibility index (Phi) is 4.83. The molecule has 0 aliphatic rings. The highest BCUT2D eigenvalue weighted by Crippen LogP contribution is 2.41. The molecule has 9 aromatic rings.